The second kappa shape index (κ2) is 11.1. The van der Waals surface area contributed by atoms with Gasteiger partial charge in [-0.2, -0.15) is 4.58 Å². The molecule has 2 aliphatic heterocycles. The van der Waals surface area contributed by atoms with E-state index in [1.165, 1.54) is 83.6 Å². The van der Waals surface area contributed by atoms with Crippen molar-refractivity contribution in [3.05, 3.63) is 119 Å². The van der Waals surface area contributed by atoms with Gasteiger partial charge in [0.05, 0.1) is 5.41 Å². The number of nitrogens with zero attached hydrogens (tertiary/aromatic N) is 2. The molecule has 3 aliphatic rings. The van der Waals surface area contributed by atoms with E-state index in [0.717, 1.165) is 13.0 Å². The third-order valence-corrected chi connectivity index (χ3v) is 10.2. The smallest absolute Gasteiger partial charge is 0.209 e. The zero-order chi connectivity index (χ0) is 28.6. The maximum Gasteiger partial charge on any atom is 0.209 e. The summed E-state index contributed by atoms with van der Waals surface area (Å²) in [4.78, 5) is 2.63. The highest BCUT2D eigenvalue weighted by atomic mass is 15.2. The molecule has 1 aliphatic carbocycles. The second-order valence-electron chi connectivity index (χ2n) is 13.3. The molecule has 1 spiro atoms. The van der Waals surface area contributed by atoms with Crippen LogP contribution in [0.15, 0.2) is 96.7 Å². The van der Waals surface area contributed by atoms with E-state index in [0.29, 0.717) is 5.92 Å². The van der Waals surface area contributed by atoms with Crippen LogP contribution < -0.4 is 4.90 Å². The summed E-state index contributed by atoms with van der Waals surface area (Å²) in [7, 11) is 2.28. The Morgan fingerprint density at radius 3 is 2.32 bits per heavy atom. The van der Waals surface area contributed by atoms with Gasteiger partial charge in [-0.25, -0.2) is 0 Å². The van der Waals surface area contributed by atoms with Crippen LogP contribution in [0.1, 0.15) is 81.5 Å². The topological polar surface area (TPSA) is 6.25 Å². The summed E-state index contributed by atoms with van der Waals surface area (Å²) in [5.74, 6) is 0.662. The van der Waals surface area contributed by atoms with Gasteiger partial charge in [0.2, 0.25) is 5.69 Å². The number of fused-ring (bicyclic) bond motifs is 3. The predicted octanol–water partition coefficient (Wildman–Crippen LogP) is 9.43. The number of benzene rings is 3. The minimum atomic E-state index is -0.0955. The summed E-state index contributed by atoms with van der Waals surface area (Å²) in [6.07, 6.45) is 16.0. The zero-order valence-electron chi connectivity index (χ0n) is 25.8. The number of hydrogen-bond acceptors (Lipinski definition) is 1. The molecule has 0 radical (unpaired) electrons. The highest BCUT2D eigenvalue weighted by Crippen LogP contribution is 2.51. The van der Waals surface area contributed by atoms with Crippen molar-refractivity contribution in [1.82, 2.24) is 0 Å². The molecule has 1 fully saturated rings. The third kappa shape index (κ3) is 4.80. The van der Waals surface area contributed by atoms with E-state index in [2.05, 4.69) is 135 Å². The molecule has 3 aromatic rings. The SMILES string of the molecule is Cc1ccccc1CC1(C)C(=CC=CC2=[N+](C)c3ccccc3C23CCCCC3)N(CCC(C)C)c2ccccc21. The summed E-state index contributed by atoms with van der Waals surface area (Å²) < 4.78 is 2.47. The van der Waals surface area contributed by atoms with Gasteiger partial charge in [0, 0.05) is 41.1 Å². The van der Waals surface area contributed by atoms with Crippen molar-refractivity contribution in [3.63, 3.8) is 0 Å². The fraction of sp³-hybridized carbons (Fsp3) is 0.410. The largest absolute Gasteiger partial charge is 0.344 e. The quantitative estimate of drug-likeness (QED) is 0.269. The van der Waals surface area contributed by atoms with Crippen molar-refractivity contribution in [2.45, 2.75) is 83.5 Å². The van der Waals surface area contributed by atoms with Gasteiger partial charge in [0.15, 0.2) is 5.71 Å². The summed E-state index contributed by atoms with van der Waals surface area (Å²) >= 11 is 0. The number of para-hydroxylation sites is 2. The van der Waals surface area contributed by atoms with Crippen LogP contribution in [0, 0.1) is 12.8 Å². The average Bonchev–Trinajstić information content (AvgIpc) is 3.35. The molecule has 0 saturated heterocycles. The first-order valence-corrected chi connectivity index (χ1v) is 15.9. The van der Waals surface area contributed by atoms with Crippen molar-refractivity contribution < 1.29 is 4.58 Å². The van der Waals surface area contributed by atoms with Crippen molar-refractivity contribution in [1.29, 1.82) is 0 Å². The molecular formula is C39H47N2+. The Morgan fingerprint density at radius 2 is 1.56 bits per heavy atom. The van der Waals surface area contributed by atoms with E-state index in [-0.39, 0.29) is 10.8 Å². The van der Waals surface area contributed by atoms with E-state index < -0.39 is 0 Å². The first-order chi connectivity index (χ1) is 19.8. The fourth-order valence-corrected chi connectivity index (χ4v) is 7.96. The van der Waals surface area contributed by atoms with Gasteiger partial charge < -0.3 is 4.90 Å². The molecule has 6 rings (SSSR count). The lowest BCUT2D eigenvalue weighted by molar-refractivity contribution is -0.401. The molecule has 1 saturated carbocycles. The van der Waals surface area contributed by atoms with Crippen LogP contribution in [0.4, 0.5) is 11.4 Å². The van der Waals surface area contributed by atoms with Crippen LogP contribution in [0.2, 0.25) is 0 Å². The molecule has 1 atom stereocenters. The van der Waals surface area contributed by atoms with Crippen molar-refractivity contribution in [2.75, 3.05) is 18.5 Å². The van der Waals surface area contributed by atoms with Gasteiger partial charge in [0.1, 0.15) is 7.05 Å². The highest BCUT2D eigenvalue weighted by Gasteiger charge is 2.50. The van der Waals surface area contributed by atoms with Crippen LogP contribution >= 0.6 is 0 Å². The zero-order valence-corrected chi connectivity index (χ0v) is 25.8. The molecule has 2 nitrogen and oxygen atoms in total. The van der Waals surface area contributed by atoms with Gasteiger partial charge in [-0.15, -0.1) is 0 Å². The lowest BCUT2D eigenvalue weighted by atomic mass is 9.67. The highest BCUT2D eigenvalue weighted by molar-refractivity contribution is 6.04. The maximum atomic E-state index is 2.63. The number of hydrogen-bond donors (Lipinski definition) is 0. The van der Waals surface area contributed by atoms with Gasteiger partial charge in [-0.1, -0.05) is 99.8 Å². The number of rotatable bonds is 7. The van der Waals surface area contributed by atoms with Crippen molar-refractivity contribution in [3.8, 4) is 0 Å². The summed E-state index contributed by atoms with van der Waals surface area (Å²) in [5, 5.41) is 0. The Hall–Kier alpha value is -3.39. The lowest BCUT2D eigenvalue weighted by Gasteiger charge is -2.32. The molecule has 0 amide bonds. The van der Waals surface area contributed by atoms with Crippen LogP contribution in [-0.2, 0) is 17.3 Å². The first kappa shape index (κ1) is 27.8. The number of allylic oxidation sites excluding steroid dienone is 4. The molecule has 212 valence electrons. The van der Waals surface area contributed by atoms with Crippen molar-refractivity contribution in [2.24, 2.45) is 5.92 Å². The van der Waals surface area contributed by atoms with E-state index >= 15 is 0 Å². The van der Waals surface area contributed by atoms with Crippen molar-refractivity contribution >= 4 is 17.1 Å². The van der Waals surface area contributed by atoms with Gasteiger partial charge in [-0.3, -0.25) is 0 Å². The summed E-state index contributed by atoms with van der Waals surface area (Å²) in [6, 6.07) is 27.2. The molecule has 0 bridgehead atoms. The summed E-state index contributed by atoms with van der Waals surface area (Å²) in [6.45, 7) is 10.5. The van der Waals surface area contributed by atoms with E-state index in [4.69, 9.17) is 0 Å². The molecule has 2 heteroatoms. The van der Waals surface area contributed by atoms with Gasteiger partial charge in [0.25, 0.3) is 0 Å². The van der Waals surface area contributed by atoms with Crippen LogP contribution in [-0.4, -0.2) is 23.9 Å². The average molecular weight is 544 g/mol. The molecule has 2 heterocycles. The second-order valence-corrected chi connectivity index (χ2v) is 13.3. The van der Waals surface area contributed by atoms with Gasteiger partial charge >= 0.3 is 0 Å². The monoisotopic (exact) mass is 543 g/mol. The normalized spacial score (nSPS) is 22.4. The molecule has 0 N–H and O–H groups in total. The van der Waals surface area contributed by atoms with Crippen LogP contribution in [0.3, 0.4) is 0 Å². The molecular weight excluding hydrogens is 496 g/mol. The third-order valence-electron chi connectivity index (χ3n) is 10.2. The Morgan fingerprint density at radius 1 is 0.878 bits per heavy atom. The molecule has 0 aromatic heterocycles. The van der Waals surface area contributed by atoms with E-state index in [1.54, 1.807) is 0 Å². The Balaban J connectivity index is 1.44. The predicted molar refractivity (Wildman–Crippen MR) is 175 cm³/mol. The van der Waals surface area contributed by atoms with E-state index in [1.807, 2.05) is 0 Å². The number of aryl methyl sites for hydroxylation is 1. The molecule has 3 aromatic carbocycles. The Bertz CT molecular complexity index is 1510. The maximum absolute atomic E-state index is 2.63. The summed E-state index contributed by atoms with van der Waals surface area (Å²) in [5.41, 5.74) is 11.5. The lowest BCUT2D eigenvalue weighted by Crippen LogP contribution is -2.36. The minimum absolute atomic E-state index is 0.0955. The number of anilines is 1. The van der Waals surface area contributed by atoms with E-state index in [9.17, 15) is 0 Å². The molecule has 1 unspecified atom stereocenters. The Labute approximate surface area is 248 Å². The first-order valence-electron chi connectivity index (χ1n) is 15.9. The molecule has 41 heavy (non-hydrogen) atoms. The fourth-order valence-electron chi connectivity index (χ4n) is 7.96. The minimum Gasteiger partial charge on any atom is -0.344 e. The van der Waals surface area contributed by atoms with Gasteiger partial charge in [-0.05, 0) is 74.3 Å². The Kier molecular flexibility index (Phi) is 7.53. The van der Waals surface area contributed by atoms with Crippen LogP contribution in [0.25, 0.3) is 0 Å². The van der Waals surface area contributed by atoms with Crippen LogP contribution in [0.5, 0.6) is 0 Å². The standard InChI is InChI=1S/C39H47N2/c1-29(2)24-27-41-35-21-12-9-18-32(35)38(4,28-31-17-8-7-16-30(31)3)36(41)22-15-23-37-39(25-13-6-14-26-39)33-19-10-11-20-34(33)40(37)5/h7-12,15-23,29H,6,13-14,24-28H2,1-5H3/q+1.